The van der Waals surface area contributed by atoms with Crippen LogP contribution in [0.4, 0.5) is 5.69 Å². The van der Waals surface area contributed by atoms with Crippen LogP contribution >= 0.6 is 11.3 Å². The van der Waals surface area contributed by atoms with Gasteiger partial charge in [0.15, 0.2) is 0 Å². The van der Waals surface area contributed by atoms with Crippen molar-refractivity contribution in [3.8, 4) is 0 Å². The van der Waals surface area contributed by atoms with Crippen LogP contribution in [0.2, 0.25) is 0 Å². The summed E-state index contributed by atoms with van der Waals surface area (Å²) in [5.74, 6) is -0.444. The van der Waals surface area contributed by atoms with E-state index in [1.54, 1.807) is 61.5 Å². The van der Waals surface area contributed by atoms with Gasteiger partial charge in [-0.1, -0.05) is 18.2 Å². The lowest BCUT2D eigenvalue weighted by atomic mass is 10.1. The van der Waals surface area contributed by atoms with Crippen molar-refractivity contribution in [2.24, 2.45) is 0 Å². The number of thiophene rings is 1. The fraction of sp³-hybridized carbons (Fsp3) is 0.136. The summed E-state index contributed by atoms with van der Waals surface area (Å²) >= 11 is 1.37. The van der Waals surface area contributed by atoms with Crippen LogP contribution in [-0.2, 0) is 6.54 Å². The van der Waals surface area contributed by atoms with E-state index in [0.717, 1.165) is 5.56 Å². The molecule has 3 amide bonds. The molecule has 0 fully saturated rings. The SMILES string of the molecule is CNC(=O)c1ccc(CN(C)C(=O)c2ccc(NC(=O)c3cccs3)cc2)cc1. The van der Waals surface area contributed by atoms with Crippen LogP contribution in [0.15, 0.2) is 66.0 Å². The highest BCUT2D eigenvalue weighted by Gasteiger charge is 2.13. The van der Waals surface area contributed by atoms with Crippen molar-refractivity contribution >= 4 is 34.7 Å². The van der Waals surface area contributed by atoms with Gasteiger partial charge in [-0.25, -0.2) is 0 Å². The molecule has 0 bridgehead atoms. The third kappa shape index (κ3) is 5.08. The molecule has 0 aliphatic rings. The van der Waals surface area contributed by atoms with Gasteiger partial charge >= 0.3 is 0 Å². The van der Waals surface area contributed by atoms with Gasteiger partial charge in [0, 0.05) is 37.5 Å². The second kappa shape index (κ2) is 9.16. The van der Waals surface area contributed by atoms with Gasteiger partial charge < -0.3 is 15.5 Å². The lowest BCUT2D eigenvalue weighted by molar-refractivity contribution is 0.0784. The smallest absolute Gasteiger partial charge is 0.265 e. The van der Waals surface area contributed by atoms with E-state index >= 15 is 0 Å². The molecular weight excluding hydrogens is 386 g/mol. The van der Waals surface area contributed by atoms with E-state index < -0.39 is 0 Å². The maximum absolute atomic E-state index is 12.7. The molecular formula is C22H21N3O3S. The molecule has 0 saturated heterocycles. The first-order valence-electron chi connectivity index (χ1n) is 8.99. The Morgan fingerprint density at radius 1 is 0.897 bits per heavy atom. The Balaban J connectivity index is 1.60. The number of hydrogen-bond donors (Lipinski definition) is 2. The first-order chi connectivity index (χ1) is 14.0. The Labute approximate surface area is 173 Å². The number of amides is 3. The minimum atomic E-state index is -0.170. The summed E-state index contributed by atoms with van der Waals surface area (Å²) in [6.07, 6.45) is 0. The summed E-state index contributed by atoms with van der Waals surface area (Å²) in [5, 5.41) is 7.23. The highest BCUT2D eigenvalue weighted by molar-refractivity contribution is 7.12. The highest BCUT2D eigenvalue weighted by atomic mass is 32.1. The molecule has 2 aromatic carbocycles. The Morgan fingerprint density at radius 3 is 2.14 bits per heavy atom. The Bertz CT molecular complexity index is 997. The molecule has 148 valence electrons. The Kier molecular flexibility index (Phi) is 6.41. The predicted molar refractivity (Wildman–Crippen MR) is 114 cm³/mol. The summed E-state index contributed by atoms with van der Waals surface area (Å²) in [6, 6.07) is 17.5. The first kappa shape index (κ1) is 20.3. The van der Waals surface area contributed by atoms with Gasteiger partial charge in [-0.2, -0.15) is 0 Å². The first-order valence-corrected chi connectivity index (χ1v) is 9.87. The Morgan fingerprint density at radius 2 is 1.55 bits per heavy atom. The summed E-state index contributed by atoms with van der Waals surface area (Å²) in [4.78, 5) is 38.6. The molecule has 29 heavy (non-hydrogen) atoms. The number of carbonyl (C=O) groups is 3. The summed E-state index contributed by atoms with van der Waals surface area (Å²) in [7, 11) is 3.31. The monoisotopic (exact) mass is 407 g/mol. The van der Waals surface area contributed by atoms with Crippen molar-refractivity contribution in [2.45, 2.75) is 6.54 Å². The zero-order valence-corrected chi connectivity index (χ0v) is 17.0. The lowest BCUT2D eigenvalue weighted by Gasteiger charge is -2.18. The summed E-state index contributed by atoms with van der Waals surface area (Å²) < 4.78 is 0. The van der Waals surface area contributed by atoms with Crippen molar-refractivity contribution in [1.29, 1.82) is 0 Å². The van der Waals surface area contributed by atoms with E-state index in [4.69, 9.17) is 0 Å². The molecule has 0 saturated carbocycles. The highest BCUT2D eigenvalue weighted by Crippen LogP contribution is 2.16. The minimum Gasteiger partial charge on any atom is -0.355 e. The van der Waals surface area contributed by atoms with Gasteiger partial charge in [-0.05, 0) is 53.4 Å². The molecule has 3 rings (SSSR count). The summed E-state index contributed by atoms with van der Waals surface area (Å²) in [6.45, 7) is 0.420. The number of carbonyl (C=O) groups excluding carboxylic acids is 3. The van der Waals surface area contributed by atoms with Gasteiger partial charge in [0.1, 0.15) is 0 Å². The maximum Gasteiger partial charge on any atom is 0.265 e. The van der Waals surface area contributed by atoms with Gasteiger partial charge in [0.05, 0.1) is 4.88 Å². The molecule has 2 N–H and O–H groups in total. The average Bonchev–Trinajstić information content (AvgIpc) is 3.29. The lowest BCUT2D eigenvalue weighted by Crippen LogP contribution is -2.26. The molecule has 0 unspecified atom stereocenters. The second-order valence-corrected chi connectivity index (χ2v) is 7.39. The van der Waals surface area contributed by atoms with E-state index in [1.165, 1.54) is 11.3 Å². The van der Waals surface area contributed by atoms with Gasteiger partial charge in [-0.3, -0.25) is 14.4 Å². The molecule has 1 aromatic heterocycles. The van der Waals surface area contributed by atoms with E-state index in [9.17, 15) is 14.4 Å². The van der Waals surface area contributed by atoms with E-state index in [2.05, 4.69) is 10.6 Å². The van der Waals surface area contributed by atoms with Gasteiger partial charge in [0.2, 0.25) is 0 Å². The number of benzene rings is 2. The predicted octanol–water partition coefficient (Wildman–Crippen LogP) is 3.63. The maximum atomic E-state index is 12.7. The molecule has 7 heteroatoms. The van der Waals surface area contributed by atoms with Crippen molar-refractivity contribution in [3.05, 3.63) is 87.6 Å². The fourth-order valence-electron chi connectivity index (χ4n) is 2.77. The van der Waals surface area contributed by atoms with Crippen LogP contribution in [0.25, 0.3) is 0 Å². The molecule has 0 radical (unpaired) electrons. The van der Waals surface area contributed by atoms with Crippen LogP contribution in [0.1, 0.15) is 36.0 Å². The van der Waals surface area contributed by atoms with Crippen molar-refractivity contribution in [1.82, 2.24) is 10.2 Å². The topological polar surface area (TPSA) is 78.5 Å². The second-order valence-electron chi connectivity index (χ2n) is 6.45. The molecule has 0 aliphatic heterocycles. The van der Waals surface area contributed by atoms with Gasteiger partial charge in [0.25, 0.3) is 17.7 Å². The molecule has 0 spiro atoms. The van der Waals surface area contributed by atoms with Gasteiger partial charge in [-0.15, -0.1) is 11.3 Å². The third-order valence-corrected chi connectivity index (χ3v) is 5.21. The van der Waals surface area contributed by atoms with Crippen molar-refractivity contribution in [3.63, 3.8) is 0 Å². The fourth-order valence-corrected chi connectivity index (χ4v) is 3.39. The molecule has 0 atom stereocenters. The number of hydrogen-bond acceptors (Lipinski definition) is 4. The van der Waals surface area contributed by atoms with Crippen LogP contribution in [0.3, 0.4) is 0 Å². The zero-order chi connectivity index (χ0) is 20.8. The molecule has 6 nitrogen and oxygen atoms in total. The third-order valence-electron chi connectivity index (χ3n) is 4.34. The molecule has 0 aliphatic carbocycles. The zero-order valence-electron chi connectivity index (χ0n) is 16.1. The number of rotatable bonds is 6. The number of nitrogens with zero attached hydrogens (tertiary/aromatic N) is 1. The molecule has 1 heterocycles. The average molecular weight is 407 g/mol. The largest absolute Gasteiger partial charge is 0.355 e. The van der Waals surface area contributed by atoms with Crippen molar-refractivity contribution < 1.29 is 14.4 Å². The van der Waals surface area contributed by atoms with E-state index in [1.807, 2.05) is 23.6 Å². The minimum absolute atomic E-state index is 0.128. The number of nitrogens with one attached hydrogen (secondary N) is 2. The number of anilines is 1. The summed E-state index contributed by atoms with van der Waals surface area (Å²) in [5.41, 5.74) is 2.66. The normalized spacial score (nSPS) is 10.3. The quantitative estimate of drug-likeness (QED) is 0.655. The molecule has 3 aromatic rings. The van der Waals surface area contributed by atoms with E-state index in [0.29, 0.717) is 28.2 Å². The Hall–Kier alpha value is -3.45. The van der Waals surface area contributed by atoms with Crippen molar-refractivity contribution in [2.75, 3.05) is 19.4 Å². The van der Waals surface area contributed by atoms with Crippen LogP contribution < -0.4 is 10.6 Å². The van der Waals surface area contributed by atoms with E-state index in [-0.39, 0.29) is 17.7 Å². The van der Waals surface area contributed by atoms with Crippen LogP contribution in [0.5, 0.6) is 0 Å². The van der Waals surface area contributed by atoms with Crippen LogP contribution in [-0.4, -0.2) is 36.7 Å². The standard InChI is InChI=1S/C22H21N3O3S/c1-23-20(26)16-7-5-15(6-8-16)14-25(2)22(28)17-9-11-18(12-10-17)24-21(27)19-4-3-13-29-19/h3-13H,14H2,1-2H3,(H,23,26)(H,24,27). The van der Waals surface area contributed by atoms with Crippen LogP contribution in [0, 0.1) is 0 Å².